The molecule has 0 aliphatic carbocycles. The number of nitrogens with zero attached hydrogens (tertiary/aromatic N) is 1. The second-order valence-corrected chi connectivity index (χ2v) is 6.88. The van der Waals surface area contributed by atoms with E-state index in [0.29, 0.717) is 0 Å². The average Bonchev–Trinajstić information content (AvgIpc) is 2.57. The molecule has 3 atom stereocenters. The first-order chi connectivity index (χ1) is 11.1. The van der Waals surface area contributed by atoms with Crippen LogP contribution in [0.2, 0.25) is 10.0 Å². The predicted octanol–water partition coefficient (Wildman–Crippen LogP) is 4.21. The van der Waals surface area contributed by atoms with E-state index in [4.69, 9.17) is 23.2 Å². The average molecular weight is 350 g/mol. The molecule has 0 radical (unpaired) electrons. The number of benzene rings is 2. The Morgan fingerprint density at radius 2 is 1.48 bits per heavy atom. The summed E-state index contributed by atoms with van der Waals surface area (Å²) in [7, 11) is 0. The lowest BCUT2D eigenvalue weighted by molar-refractivity contribution is -0.741. The minimum Gasteiger partial charge on any atom is -0.411 e. The van der Waals surface area contributed by atoms with E-state index in [1.807, 2.05) is 48.5 Å². The molecule has 0 unspecified atom stereocenters. The molecule has 0 saturated carbocycles. The zero-order valence-electron chi connectivity index (χ0n) is 12.8. The van der Waals surface area contributed by atoms with Gasteiger partial charge in [0.15, 0.2) is 0 Å². The van der Waals surface area contributed by atoms with Gasteiger partial charge in [-0.05, 0) is 24.3 Å². The summed E-state index contributed by atoms with van der Waals surface area (Å²) in [6.45, 7) is 2.10. The van der Waals surface area contributed by atoms with Crippen molar-refractivity contribution in [3.05, 3.63) is 69.7 Å². The topological polar surface area (TPSA) is 49.2 Å². The van der Waals surface area contributed by atoms with Gasteiger partial charge in [-0.15, -0.1) is 0 Å². The molecule has 0 bridgehead atoms. The van der Waals surface area contributed by atoms with Crippen molar-refractivity contribution >= 4 is 28.9 Å². The molecule has 23 heavy (non-hydrogen) atoms. The van der Waals surface area contributed by atoms with Gasteiger partial charge in [-0.1, -0.05) is 59.5 Å². The van der Waals surface area contributed by atoms with Gasteiger partial charge in [0.05, 0.1) is 11.6 Å². The summed E-state index contributed by atoms with van der Waals surface area (Å²) in [6.07, 6.45) is 0.726. The molecular weight excluding hydrogens is 331 g/mol. The van der Waals surface area contributed by atoms with Crippen LogP contribution in [0.5, 0.6) is 0 Å². The summed E-state index contributed by atoms with van der Waals surface area (Å²) in [5.41, 5.74) is 3.19. The third-order valence-electron chi connectivity index (χ3n) is 4.61. The highest BCUT2D eigenvalue weighted by Gasteiger charge is 2.37. The van der Waals surface area contributed by atoms with Crippen molar-refractivity contribution in [2.45, 2.75) is 25.4 Å². The standard InChI is InChI=1S/C18H18Cl2N2O/c1-11-16(22-23)10-17(12-2-6-14(19)7-3-12)21-18(11)13-4-8-15(20)9-5-13/h2-9,11,17-18,21,23H,10H2,1H3/p+1/b22-16+/t11-,17-,18+/m0/s1. The van der Waals surface area contributed by atoms with Gasteiger partial charge in [-0.2, -0.15) is 0 Å². The second kappa shape index (κ2) is 6.91. The van der Waals surface area contributed by atoms with Crippen molar-refractivity contribution in [2.24, 2.45) is 11.1 Å². The molecule has 1 heterocycles. The fourth-order valence-corrected chi connectivity index (χ4v) is 3.51. The number of nitrogens with two attached hydrogens (primary N) is 1. The van der Waals surface area contributed by atoms with Crippen molar-refractivity contribution in [3.8, 4) is 0 Å². The monoisotopic (exact) mass is 349 g/mol. The first-order valence-electron chi connectivity index (χ1n) is 7.65. The molecule has 1 saturated heterocycles. The highest BCUT2D eigenvalue weighted by molar-refractivity contribution is 6.30. The Morgan fingerprint density at radius 1 is 0.957 bits per heavy atom. The summed E-state index contributed by atoms with van der Waals surface area (Å²) >= 11 is 12.0. The molecule has 1 fully saturated rings. The van der Waals surface area contributed by atoms with E-state index in [0.717, 1.165) is 22.2 Å². The van der Waals surface area contributed by atoms with Gasteiger partial charge < -0.3 is 10.5 Å². The quantitative estimate of drug-likeness (QED) is 0.619. The lowest BCUT2D eigenvalue weighted by Crippen LogP contribution is -2.90. The summed E-state index contributed by atoms with van der Waals surface area (Å²) in [6, 6.07) is 16.1. The number of halogens is 2. The number of piperidine rings is 1. The summed E-state index contributed by atoms with van der Waals surface area (Å²) in [5, 5.41) is 16.8. The van der Waals surface area contributed by atoms with Crippen molar-refractivity contribution in [1.82, 2.24) is 0 Å². The number of hydrogen-bond donors (Lipinski definition) is 2. The van der Waals surface area contributed by atoms with Crippen LogP contribution in [-0.2, 0) is 0 Å². The molecule has 0 aromatic heterocycles. The zero-order valence-corrected chi connectivity index (χ0v) is 14.3. The maximum Gasteiger partial charge on any atom is 0.120 e. The third kappa shape index (κ3) is 3.52. The number of hydrogen-bond acceptors (Lipinski definition) is 2. The molecule has 120 valence electrons. The maximum atomic E-state index is 9.41. The lowest BCUT2D eigenvalue weighted by Gasteiger charge is -2.33. The van der Waals surface area contributed by atoms with Crippen LogP contribution in [0.3, 0.4) is 0 Å². The molecule has 1 aliphatic rings. The normalized spacial score (nSPS) is 26.4. The number of quaternary nitrogens is 1. The second-order valence-electron chi connectivity index (χ2n) is 6.01. The van der Waals surface area contributed by atoms with E-state index in [-0.39, 0.29) is 18.0 Å². The molecule has 0 amide bonds. The Bertz CT molecular complexity index is 698. The molecule has 0 spiro atoms. The fourth-order valence-electron chi connectivity index (χ4n) is 3.26. The Balaban J connectivity index is 1.92. The van der Waals surface area contributed by atoms with Crippen LogP contribution in [0, 0.1) is 5.92 Å². The van der Waals surface area contributed by atoms with Crippen LogP contribution in [0.25, 0.3) is 0 Å². The lowest BCUT2D eigenvalue weighted by atomic mass is 9.81. The highest BCUT2D eigenvalue weighted by atomic mass is 35.5. The SMILES string of the molecule is C[C@H]1/C(=N/O)C[C@@H](c2ccc(Cl)cc2)[NH2+][C@H]1c1ccc(Cl)cc1. The predicted molar refractivity (Wildman–Crippen MR) is 93.3 cm³/mol. The Morgan fingerprint density at radius 3 is 2.00 bits per heavy atom. The van der Waals surface area contributed by atoms with E-state index < -0.39 is 0 Å². The van der Waals surface area contributed by atoms with Gasteiger partial charge in [0.1, 0.15) is 12.1 Å². The van der Waals surface area contributed by atoms with E-state index in [9.17, 15) is 5.21 Å². The molecule has 2 aromatic carbocycles. The van der Waals surface area contributed by atoms with Gasteiger partial charge in [-0.3, -0.25) is 0 Å². The first kappa shape index (κ1) is 16.3. The fraction of sp³-hybridized carbons (Fsp3) is 0.278. The van der Waals surface area contributed by atoms with E-state index >= 15 is 0 Å². The Hall–Kier alpha value is -1.55. The molecular formula is C18H19Cl2N2O+. The number of rotatable bonds is 2. The van der Waals surface area contributed by atoms with Crippen molar-refractivity contribution in [1.29, 1.82) is 0 Å². The van der Waals surface area contributed by atoms with Crippen LogP contribution in [0.4, 0.5) is 0 Å². The smallest absolute Gasteiger partial charge is 0.120 e. The Labute approximate surface area is 145 Å². The van der Waals surface area contributed by atoms with Crippen LogP contribution in [-0.4, -0.2) is 10.9 Å². The minimum absolute atomic E-state index is 0.157. The van der Waals surface area contributed by atoms with Gasteiger partial charge in [0.25, 0.3) is 0 Å². The zero-order chi connectivity index (χ0) is 16.4. The number of oxime groups is 1. The highest BCUT2D eigenvalue weighted by Crippen LogP contribution is 2.30. The van der Waals surface area contributed by atoms with Crippen LogP contribution < -0.4 is 5.32 Å². The van der Waals surface area contributed by atoms with Crippen LogP contribution in [0.1, 0.15) is 36.6 Å². The van der Waals surface area contributed by atoms with E-state index in [2.05, 4.69) is 17.4 Å². The van der Waals surface area contributed by atoms with Gasteiger partial charge >= 0.3 is 0 Å². The largest absolute Gasteiger partial charge is 0.411 e. The third-order valence-corrected chi connectivity index (χ3v) is 5.12. The molecule has 2 aromatic rings. The molecule has 5 heteroatoms. The van der Waals surface area contributed by atoms with E-state index in [1.165, 1.54) is 11.1 Å². The molecule has 3 rings (SSSR count). The van der Waals surface area contributed by atoms with Gasteiger partial charge in [0.2, 0.25) is 0 Å². The van der Waals surface area contributed by atoms with Gasteiger partial charge in [0, 0.05) is 27.6 Å². The van der Waals surface area contributed by atoms with Gasteiger partial charge in [-0.25, -0.2) is 0 Å². The van der Waals surface area contributed by atoms with Crippen molar-refractivity contribution < 1.29 is 10.5 Å². The summed E-state index contributed by atoms with van der Waals surface area (Å²) in [4.78, 5) is 0. The van der Waals surface area contributed by atoms with Crippen LogP contribution in [0.15, 0.2) is 53.7 Å². The van der Waals surface area contributed by atoms with Crippen LogP contribution >= 0.6 is 23.2 Å². The molecule has 3 nitrogen and oxygen atoms in total. The summed E-state index contributed by atoms with van der Waals surface area (Å²) in [5.74, 6) is 0.157. The molecule has 1 aliphatic heterocycles. The molecule has 3 N–H and O–H groups in total. The van der Waals surface area contributed by atoms with Crippen molar-refractivity contribution in [2.75, 3.05) is 0 Å². The maximum absolute atomic E-state index is 9.41. The summed E-state index contributed by atoms with van der Waals surface area (Å²) < 4.78 is 0. The minimum atomic E-state index is 0.157. The van der Waals surface area contributed by atoms with E-state index in [1.54, 1.807) is 0 Å². The van der Waals surface area contributed by atoms with Crippen molar-refractivity contribution in [3.63, 3.8) is 0 Å². The Kier molecular flexibility index (Phi) is 4.90. The first-order valence-corrected chi connectivity index (χ1v) is 8.41.